The summed E-state index contributed by atoms with van der Waals surface area (Å²) in [6, 6.07) is 11.1. The Morgan fingerprint density at radius 2 is 1.65 bits per heavy atom. The first kappa shape index (κ1) is 26.4. The van der Waals surface area contributed by atoms with Gasteiger partial charge in [0.25, 0.3) is 5.91 Å². The van der Waals surface area contributed by atoms with Crippen LogP contribution in [0.1, 0.15) is 54.4 Å². The molecule has 0 unspecified atom stereocenters. The lowest BCUT2D eigenvalue weighted by atomic mass is 9.47. The van der Waals surface area contributed by atoms with Crippen LogP contribution >= 0.6 is 0 Å². The first-order valence-corrected chi connectivity index (χ1v) is 13.5. The topological polar surface area (TPSA) is 97.8 Å². The molecule has 4 aliphatic rings. The van der Waals surface area contributed by atoms with Gasteiger partial charge in [0.1, 0.15) is 23.9 Å². The fourth-order valence-electron chi connectivity index (χ4n) is 7.60. The smallest absolute Gasteiger partial charge is 0.486 e. The van der Waals surface area contributed by atoms with Crippen LogP contribution in [0.4, 0.5) is 13.2 Å². The number of aliphatic carboxylic acids is 1. The maximum Gasteiger partial charge on any atom is 0.573 e. The molecule has 0 aliphatic heterocycles. The van der Waals surface area contributed by atoms with Crippen molar-refractivity contribution in [3.8, 4) is 11.5 Å². The molecule has 10 heteroatoms. The molecule has 7 nitrogen and oxygen atoms in total. The van der Waals surface area contributed by atoms with E-state index < -0.39 is 29.7 Å². The summed E-state index contributed by atoms with van der Waals surface area (Å²) in [6.07, 6.45) is 2.66. The lowest BCUT2D eigenvalue weighted by Gasteiger charge is -2.58. The van der Waals surface area contributed by atoms with Crippen molar-refractivity contribution in [1.29, 1.82) is 0 Å². The molecule has 4 fully saturated rings. The third-order valence-corrected chi connectivity index (χ3v) is 8.73. The minimum atomic E-state index is -4.79. The van der Waals surface area contributed by atoms with E-state index in [1.165, 1.54) is 24.3 Å². The Hall–Kier alpha value is -3.82. The molecule has 1 aromatic heterocycles. The molecule has 4 saturated carbocycles. The molecule has 40 heavy (non-hydrogen) atoms. The number of carboxylic acids is 1. The van der Waals surface area contributed by atoms with Crippen molar-refractivity contribution in [2.75, 3.05) is 0 Å². The Morgan fingerprint density at radius 1 is 1.00 bits per heavy atom. The number of amides is 1. The summed E-state index contributed by atoms with van der Waals surface area (Å²) < 4.78 is 47.5. The van der Waals surface area contributed by atoms with Gasteiger partial charge in [-0.1, -0.05) is 24.3 Å². The largest absolute Gasteiger partial charge is 0.573 e. The van der Waals surface area contributed by atoms with Gasteiger partial charge in [-0.3, -0.25) is 9.78 Å². The Bertz CT molecular complexity index is 1400. The highest BCUT2D eigenvalue weighted by Gasteiger charge is 2.56. The number of nitrogens with zero attached hydrogens (tertiary/aromatic N) is 1. The lowest BCUT2D eigenvalue weighted by molar-refractivity contribution is -0.274. The number of pyridine rings is 1. The molecule has 0 spiro atoms. The summed E-state index contributed by atoms with van der Waals surface area (Å²) in [4.78, 5) is 30.7. The van der Waals surface area contributed by atoms with E-state index in [4.69, 9.17) is 4.74 Å². The van der Waals surface area contributed by atoms with E-state index in [2.05, 4.69) is 15.0 Å². The molecule has 210 valence electrons. The number of benzene rings is 2. The van der Waals surface area contributed by atoms with Crippen molar-refractivity contribution < 1.29 is 37.3 Å². The Morgan fingerprint density at radius 3 is 2.25 bits per heavy atom. The minimum Gasteiger partial charge on any atom is -0.486 e. The predicted molar refractivity (Wildman–Crippen MR) is 139 cm³/mol. The molecule has 4 aliphatic carbocycles. The van der Waals surface area contributed by atoms with Crippen molar-refractivity contribution in [3.63, 3.8) is 0 Å². The third-order valence-electron chi connectivity index (χ3n) is 8.73. The third kappa shape index (κ3) is 5.19. The number of hydrogen-bond acceptors (Lipinski definition) is 5. The van der Waals surface area contributed by atoms with Crippen molar-refractivity contribution >= 4 is 22.8 Å². The number of fused-ring (bicyclic) bond motifs is 1. The van der Waals surface area contributed by atoms with E-state index in [9.17, 15) is 27.9 Å². The first-order valence-electron chi connectivity index (χ1n) is 13.5. The number of halogens is 3. The van der Waals surface area contributed by atoms with E-state index in [-0.39, 0.29) is 23.7 Å². The van der Waals surface area contributed by atoms with Gasteiger partial charge in [0.15, 0.2) is 5.75 Å². The van der Waals surface area contributed by atoms with Crippen LogP contribution in [-0.2, 0) is 11.4 Å². The molecule has 4 bridgehead atoms. The SMILES string of the molecule is O=C(N[C@H](C(=O)O)C12C[C@H]3C[C@H](C1)C[C@@H](C2)C3)c1ccc2cccnc2c1OCc1ccc(OC(F)(F)F)cc1. The normalized spacial score (nSPS) is 25.9. The van der Waals surface area contributed by atoms with Crippen LogP contribution in [0.25, 0.3) is 10.9 Å². The number of carboxylic acid groups (broad SMARTS) is 1. The molecule has 0 saturated heterocycles. The highest BCUT2D eigenvalue weighted by molar-refractivity contribution is 6.04. The Balaban J connectivity index is 1.26. The molecule has 0 radical (unpaired) electrons. The van der Waals surface area contributed by atoms with E-state index in [0.717, 1.165) is 43.9 Å². The van der Waals surface area contributed by atoms with Crippen LogP contribution in [-0.4, -0.2) is 34.4 Å². The van der Waals surface area contributed by atoms with Crippen LogP contribution < -0.4 is 14.8 Å². The monoisotopic (exact) mass is 554 g/mol. The van der Waals surface area contributed by atoms with Crippen LogP contribution in [0, 0.1) is 23.2 Å². The van der Waals surface area contributed by atoms with Gasteiger partial charge in [-0.25, -0.2) is 4.79 Å². The second-order valence-corrected chi connectivity index (χ2v) is 11.5. The van der Waals surface area contributed by atoms with Gasteiger partial charge in [-0.2, -0.15) is 0 Å². The Kier molecular flexibility index (Phi) is 6.59. The van der Waals surface area contributed by atoms with E-state index in [1.54, 1.807) is 24.4 Å². The second-order valence-electron chi connectivity index (χ2n) is 11.5. The first-order chi connectivity index (χ1) is 19.1. The van der Waals surface area contributed by atoms with E-state index in [0.29, 0.717) is 28.8 Å². The molecule has 7 rings (SSSR count). The van der Waals surface area contributed by atoms with Gasteiger partial charge >= 0.3 is 12.3 Å². The van der Waals surface area contributed by atoms with Crippen LogP contribution in [0.3, 0.4) is 0 Å². The highest BCUT2D eigenvalue weighted by Crippen LogP contribution is 2.61. The number of aromatic nitrogens is 1. The van der Waals surface area contributed by atoms with E-state index in [1.807, 2.05) is 6.07 Å². The fraction of sp³-hybridized carbons (Fsp3) is 0.433. The highest BCUT2D eigenvalue weighted by atomic mass is 19.4. The van der Waals surface area contributed by atoms with E-state index >= 15 is 0 Å². The summed E-state index contributed by atoms with van der Waals surface area (Å²) in [5.41, 5.74) is 0.672. The van der Waals surface area contributed by atoms with Crippen molar-refractivity contribution in [1.82, 2.24) is 10.3 Å². The number of carbonyl (C=O) groups excluding carboxylic acids is 1. The molecular formula is C30H29F3N2O5. The van der Waals surface area contributed by atoms with Gasteiger partial charge in [0, 0.05) is 17.0 Å². The molecule has 1 amide bonds. The van der Waals surface area contributed by atoms with Crippen molar-refractivity contribution in [2.24, 2.45) is 23.2 Å². The molecule has 2 aromatic carbocycles. The zero-order valence-electron chi connectivity index (χ0n) is 21.6. The maximum atomic E-state index is 13.7. The number of carbonyl (C=O) groups is 2. The van der Waals surface area contributed by atoms with Gasteiger partial charge in [0.05, 0.1) is 5.56 Å². The van der Waals surface area contributed by atoms with Crippen LogP contribution in [0.2, 0.25) is 0 Å². The number of alkyl halides is 3. The molecule has 2 N–H and O–H groups in total. The summed E-state index contributed by atoms with van der Waals surface area (Å²) in [5, 5.41) is 13.9. The minimum absolute atomic E-state index is 0.0560. The standard InChI is InChI=1S/C30H29F3N2O5/c31-30(32,33)40-22-6-3-17(4-7-22)16-39-25-23(8-5-21-2-1-9-34-24(21)25)27(36)35-26(28(37)38)29-13-18-10-19(14-29)12-20(11-18)15-29/h1-9,18-20,26H,10-16H2,(H,35,36)(H,37,38)/t18-,19-,20-,26-,29?/m1/s1. The van der Waals surface area contributed by atoms with Gasteiger partial charge < -0.3 is 19.9 Å². The van der Waals surface area contributed by atoms with Crippen molar-refractivity contribution in [3.05, 3.63) is 65.9 Å². The average Bonchev–Trinajstić information content (AvgIpc) is 2.89. The van der Waals surface area contributed by atoms with Gasteiger partial charge in [0.2, 0.25) is 0 Å². The summed E-state index contributed by atoms with van der Waals surface area (Å²) in [5.74, 6) is -0.212. The summed E-state index contributed by atoms with van der Waals surface area (Å²) in [6.45, 7) is -0.0560. The molecular weight excluding hydrogens is 525 g/mol. The lowest BCUT2D eigenvalue weighted by Crippen LogP contribution is -2.59. The van der Waals surface area contributed by atoms with Gasteiger partial charge in [-0.05, 0) is 86.1 Å². The quantitative estimate of drug-likeness (QED) is 0.349. The number of nitrogens with one attached hydrogen (secondary N) is 1. The van der Waals surface area contributed by atoms with Crippen LogP contribution in [0.15, 0.2) is 54.7 Å². The number of ether oxygens (including phenoxy) is 2. The molecule has 3 aromatic rings. The zero-order chi connectivity index (χ0) is 28.1. The van der Waals surface area contributed by atoms with Crippen molar-refractivity contribution in [2.45, 2.75) is 57.5 Å². The fourth-order valence-corrected chi connectivity index (χ4v) is 7.60. The van der Waals surface area contributed by atoms with Crippen LogP contribution in [0.5, 0.6) is 11.5 Å². The average molecular weight is 555 g/mol. The molecule has 1 heterocycles. The predicted octanol–water partition coefficient (Wildman–Crippen LogP) is 6.11. The van der Waals surface area contributed by atoms with Gasteiger partial charge in [-0.15, -0.1) is 13.2 Å². The summed E-state index contributed by atoms with van der Waals surface area (Å²) >= 11 is 0. The number of hydrogen-bond donors (Lipinski definition) is 2. The maximum absolute atomic E-state index is 13.7. The summed E-state index contributed by atoms with van der Waals surface area (Å²) in [7, 11) is 0. The number of rotatable bonds is 8. The second kappa shape index (κ2) is 9.98. The Labute approximate surface area is 228 Å². The zero-order valence-corrected chi connectivity index (χ0v) is 21.6. The molecule has 1 atom stereocenters.